The fourth-order valence-electron chi connectivity index (χ4n) is 3.46. The number of nitrogens with zero attached hydrogens (tertiary/aromatic N) is 4. The number of aryl methyl sites for hydroxylation is 1. The molecule has 0 aliphatic carbocycles. The second-order valence-electron chi connectivity index (χ2n) is 6.63. The minimum Gasteiger partial charge on any atom is -0.355 e. The number of fused-ring (bicyclic) bond motifs is 1. The van der Waals surface area contributed by atoms with Crippen LogP contribution in [0.4, 0.5) is 5.82 Å². The van der Waals surface area contributed by atoms with Crippen LogP contribution in [0.15, 0.2) is 41.2 Å². The van der Waals surface area contributed by atoms with Crippen molar-refractivity contribution in [2.75, 3.05) is 18.0 Å². The van der Waals surface area contributed by atoms with E-state index in [1.165, 1.54) is 6.33 Å². The number of rotatable bonds is 4. The molecule has 0 bridgehead atoms. The minimum absolute atomic E-state index is 0.0577. The van der Waals surface area contributed by atoms with Crippen molar-refractivity contribution in [1.29, 1.82) is 0 Å². The number of carbonyl (C=O) groups excluding carboxylic acids is 1. The Hall–Kier alpha value is -2.96. The number of carbonyl (C=O) groups is 1. The normalized spacial score (nSPS) is 17.4. The number of benzene rings is 1. The lowest BCUT2D eigenvalue weighted by Crippen LogP contribution is -2.43. The maximum atomic E-state index is 12.6. The molecule has 1 aliphatic rings. The molecule has 1 aromatic carbocycles. The van der Waals surface area contributed by atoms with Gasteiger partial charge in [-0.3, -0.25) is 4.79 Å². The van der Waals surface area contributed by atoms with Crippen molar-refractivity contribution in [3.63, 3.8) is 0 Å². The molecule has 3 heterocycles. The molecule has 0 saturated carbocycles. The molecule has 1 aliphatic heterocycles. The van der Waals surface area contributed by atoms with Crippen LogP contribution in [0.5, 0.6) is 0 Å². The van der Waals surface area contributed by atoms with Gasteiger partial charge in [0, 0.05) is 19.6 Å². The number of amides is 1. The fraction of sp³-hybridized carbons (Fsp3) is 0.368. The van der Waals surface area contributed by atoms with Gasteiger partial charge in [0.2, 0.25) is 5.91 Å². The molecule has 1 saturated heterocycles. The first-order valence-corrected chi connectivity index (χ1v) is 8.86. The van der Waals surface area contributed by atoms with Crippen molar-refractivity contribution in [2.24, 2.45) is 5.92 Å². The van der Waals surface area contributed by atoms with Crippen LogP contribution in [-0.4, -0.2) is 34.1 Å². The van der Waals surface area contributed by atoms with E-state index in [-0.39, 0.29) is 11.8 Å². The molecular weight excluding hydrogens is 330 g/mol. The number of aromatic nitrogens is 3. The summed E-state index contributed by atoms with van der Waals surface area (Å²) in [5.41, 5.74) is 2.36. The SMILES string of the molecule is Cc1noc2ncnc(N3CCC[C@H](C(=O)NCc4ccccc4)C3)c12. The van der Waals surface area contributed by atoms with Gasteiger partial charge in [0.05, 0.1) is 11.6 Å². The number of hydrogen-bond donors (Lipinski definition) is 1. The fourth-order valence-corrected chi connectivity index (χ4v) is 3.46. The lowest BCUT2D eigenvalue weighted by Gasteiger charge is -2.33. The Morgan fingerprint density at radius 3 is 3.00 bits per heavy atom. The average Bonchev–Trinajstić information content (AvgIpc) is 3.08. The molecule has 1 N–H and O–H groups in total. The van der Waals surface area contributed by atoms with Crippen LogP contribution >= 0.6 is 0 Å². The predicted molar refractivity (Wildman–Crippen MR) is 97.6 cm³/mol. The van der Waals surface area contributed by atoms with Crippen LogP contribution in [0.3, 0.4) is 0 Å². The van der Waals surface area contributed by atoms with Crippen LogP contribution in [0.1, 0.15) is 24.1 Å². The van der Waals surface area contributed by atoms with E-state index < -0.39 is 0 Å². The second-order valence-corrected chi connectivity index (χ2v) is 6.63. The van der Waals surface area contributed by atoms with Gasteiger partial charge >= 0.3 is 0 Å². The van der Waals surface area contributed by atoms with E-state index in [0.717, 1.165) is 41.8 Å². The van der Waals surface area contributed by atoms with Crippen molar-refractivity contribution in [3.05, 3.63) is 47.9 Å². The molecule has 0 spiro atoms. The van der Waals surface area contributed by atoms with Gasteiger partial charge < -0.3 is 14.7 Å². The topological polar surface area (TPSA) is 84.2 Å². The summed E-state index contributed by atoms with van der Waals surface area (Å²) < 4.78 is 5.23. The number of piperidine rings is 1. The van der Waals surface area contributed by atoms with Crippen molar-refractivity contribution < 1.29 is 9.32 Å². The van der Waals surface area contributed by atoms with Crippen LogP contribution in [0.2, 0.25) is 0 Å². The summed E-state index contributed by atoms with van der Waals surface area (Å²) in [5, 5.41) is 7.87. The van der Waals surface area contributed by atoms with Crippen LogP contribution in [-0.2, 0) is 11.3 Å². The zero-order chi connectivity index (χ0) is 17.9. The van der Waals surface area contributed by atoms with Crippen molar-refractivity contribution in [1.82, 2.24) is 20.4 Å². The van der Waals surface area contributed by atoms with E-state index in [9.17, 15) is 4.79 Å². The summed E-state index contributed by atoms with van der Waals surface area (Å²) >= 11 is 0. The summed E-state index contributed by atoms with van der Waals surface area (Å²) in [5.74, 6) is 0.831. The first-order valence-electron chi connectivity index (χ1n) is 8.86. The average molecular weight is 351 g/mol. The smallest absolute Gasteiger partial charge is 0.263 e. The van der Waals surface area contributed by atoms with Gasteiger partial charge in [0.25, 0.3) is 5.71 Å². The zero-order valence-corrected chi connectivity index (χ0v) is 14.7. The summed E-state index contributed by atoms with van der Waals surface area (Å²) in [6.45, 7) is 3.93. The quantitative estimate of drug-likeness (QED) is 0.777. The Kier molecular flexibility index (Phi) is 4.51. The maximum absolute atomic E-state index is 12.6. The van der Waals surface area contributed by atoms with Gasteiger partial charge in [-0.25, -0.2) is 4.98 Å². The summed E-state index contributed by atoms with van der Waals surface area (Å²) in [6.07, 6.45) is 3.31. The largest absolute Gasteiger partial charge is 0.355 e. The molecule has 3 aromatic rings. The molecule has 0 unspecified atom stereocenters. The highest BCUT2D eigenvalue weighted by Crippen LogP contribution is 2.29. The third-order valence-electron chi connectivity index (χ3n) is 4.82. The molecule has 26 heavy (non-hydrogen) atoms. The van der Waals surface area contributed by atoms with Crippen LogP contribution in [0, 0.1) is 12.8 Å². The first-order chi connectivity index (χ1) is 12.7. The molecule has 1 fully saturated rings. The van der Waals surface area contributed by atoms with Gasteiger partial charge in [-0.2, -0.15) is 4.98 Å². The summed E-state index contributed by atoms with van der Waals surface area (Å²) in [7, 11) is 0. The Morgan fingerprint density at radius 1 is 1.31 bits per heavy atom. The highest BCUT2D eigenvalue weighted by atomic mass is 16.5. The lowest BCUT2D eigenvalue weighted by molar-refractivity contribution is -0.125. The Morgan fingerprint density at radius 2 is 2.15 bits per heavy atom. The van der Waals surface area contributed by atoms with E-state index in [2.05, 4.69) is 25.3 Å². The molecule has 7 nitrogen and oxygen atoms in total. The van der Waals surface area contributed by atoms with Gasteiger partial charge in [0.15, 0.2) is 0 Å². The van der Waals surface area contributed by atoms with E-state index >= 15 is 0 Å². The van der Waals surface area contributed by atoms with Gasteiger partial charge in [-0.1, -0.05) is 35.5 Å². The van der Waals surface area contributed by atoms with Gasteiger partial charge in [0.1, 0.15) is 17.5 Å². The van der Waals surface area contributed by atoms with E-state index in [1.54, 1.807) is 0 Å². The van der Waals surface area contributed by atoms with E-state index in [0.29, 0.717) is 18.8 Å². The maximum Gasteiger partial charge on any atom is 0.263 e. The molecular formula is C19H21N5O2. The summed E-state index contributed by atoms with van der Waals surface area (Å²) in [4.78, 5) is 23.3. The second kappa shape index (κ2) is 7.11. The Bertz CT molecular complexity index is 909. The number of hydrogen-bond acceptors (Lipinski definition) is 6. The predicted octanol–water partition coefficient (Wildman–Crippen LogP) is 2.46. The molecule has 1 amide bonds. The lowest BCUT2D eigenvalue weighted by atomic mass is 9.96. The summed E-state index contributed by atoms with van der Waals surface area (Å²) in [6, 6.07) is 9.95. The molecule has 2 aromatic heterocycles. The van der Waals surface area contributed by atoms with Gasteiger partial charge in [-0.05, 0) is 25.3 Å². The number of anilines is 1. The standard InChI is InChI=1S/C19H21N5O2/c1-13-16-17(21-12-22-19(16)26-23-13)24-9-5-8-15(11-24)18(25)20-10-14-6-3-2-4-7-14/h2-4,6-7,12,15H,5,8-11H2,1H3,(H,20,25)/t15-/m0/s1. The van der Waals surface area contributed by atoms with Crippen LogP contribution in [0.25, 0.3) is 11.1 Å². The van der Waals surface area contributed by atoms with Crippen LogP contribution < -0.4 is 10.2 Å². The van der Waals surface area contributed by atoms with Crippen molar-refractivity contribution in [3.8, 4) is 0 Å². The van der Waals surface area contributed by atoms with Crippen molar-refractivity contribution >= 4 is 22.8 Å². The molecule has 4 rings (SSSR count). The molecule has 1 atom stereocenters. The third kappa shape index (κ3) is 3.24. The number of nitrogens with one attached hydrogen (secondary N) is 1. The van der Waals surface area contributed by atoms with E-state index in [4.69, 9.17) is 4.52 Å². The highest BCUT2D eigenvalue weighted by Gasteiger charge is 2.28. The minimum atomic E-state index is -0.0577. The van der Waals surface area contributed by atoms with E-state index in [1.807, 2.05) is 37.3 Å². The third-order valence-corrected chi connectivity index (χ3v) is 4.82. The highest BCUT2D eigenvalue weighted by molar-refractivity contribution is 5.88. The Balaban J connectivity index is 1.47. The van der Waals surface area contributed by atoms with Gasteiger partial charge in [-0.15, -0.1) is 0 Å². The molecule has 134 valence electrons. The zero-order valence-electron chi connectivity index (χ0n) is 14.7. The first kappa shape index (κ1) is 16.5. The van der Waals surface area contributed by atoms with Crippen molar-refractivity contribution in [2.45, 2.75) is 26.3 Å². The molecule has 7 heteroatoms. The monoisotopic (exact) mass is 351 g/mol. The molecule has 0 radical (unpaired) electrons. The Labute approximate surface area is 151 Å².